The number of amides is 1. The van der Waals surface area contributed by atoms with Crippen LogP contribution in [-0.4, -0.2) is 23.9 Å². The summed E-state index contributed by atoms with van der Waals surface area (Å²) < 4.78 is 18.8. The minimum absolute atomic E-state index is 0.0323. The fourth-order valence-electron chi connectivity index (χ4n) is 1.94. The lowest BCUT2D eigenvalue weighted by atomic mass is 10.2. The van der Waals surface area contributed by atoms with Gasteiger partial charge in [0.25, 0.3) is 0 Å². The fraction of sp³-hybridized carbons (Fsp3) is 0.462. The Morgan fingerprint density at radius 1 is 1.56 bits per heavy atom. The van der Waals surface area contributed by atoms with Gasteiger partial charge in [0.2, 0.25) is 5.91 Å². The van der Waals surface area contributed by atoms with Crippen molar-refractivity contribution in [1.82, 2.24) is 0 Å². The number of anilines is 1. The van der Waals surface area contributed by atoms with E-state index in [0.29, 0.717) is 31.0 Å². The van der Waals surface area contributed by atoms with E-state index in [4.69, 9.17) is 4.74 Å². The molecule has 0 aromatic heterocycles. The number of ether oxygens (including phenoxy) is 1. The predicted octanol–water partition coefficient (Wildman–Crippen LogP) is 3.11. The van der Waals surface area contributed by atoms with Gasteiger partial charge in [0.15, 0.2) is 0 Å². The number of carbonyl (C=O) groups is 1. The summed E-state index contributed by atoms with van der Waals surface area (Å²) in [7, 11) is 0. The summed E-state index contributed by atoms with van der Waals surface area (Å²) in [5.41, 5.74) is 0.650. The van der Waals surface area contributed by atoms with Crippen molar-refractivity contribution < 1.29 is 13.9 Å². The van der Waals surface area contributed by atoms with Crippen molar-refractivity contribution in [1.29, 1.82) is 0 Å². The highest BCUT2D eigenvalue weighted by atomic mass is 79.9. The SMILES string of the molecule is CCCOc1cc(F)ccc1N1CC(Br)CC1=O. The maximum absolute atomic E-state index is 13.2. The average molecular weight is 316 g/mol. The second-order valence-corrected chi connectivity index (χ2v) is 5.56. The Balaban J connectivity index is 2.28. The molecule has 5 heteroatoms. The highest BCUT2D eigenvalue weighted by Crippen LogP contribution is 2.33. The van der Waals surface area contributed by atoms with Crippen LogP contribution in [0.25, 0.3) is 0 Å². The summed E-state index contributed by atoms with van der Waals surface area (Å²) in [5, 5.41) is 0. The molecule has 1 aromatic rings. The molecule has 18 heavy (non-hydrogen) atoms. The van der Waals surface area contributed by atoms with Crippen LogP contribution in [0, 0.1) is 5.82 Å². The quantitative estimate of drug-likeness (QED) is 0.799. The largest absolute Gasteiger partial charge is 0.491 e. The number of rotatable bonds is 4. The molecular weight excluding hydrogens is 301 g/mol. The van der Waals surface area contributed by atoms with Crippen molar-refractivity contribution in [2.24, 2.45) is 0 Å². The third kappa shape index (κ3) is 2.83. The van der Waals surface area contributed by atoms with Crippen LogP contribution in [-0.2, 0) is 4.79 Å². The van der Waals surface area contributed by atoms with Gasteiger partial charge in [-0.3, -0.25) is 4.79 Å². The van der Waals surface area contributed by atoms with Gasteiger partial charge in [0.1, 0.15) is 11.6 Å². The first-order chi connectivity index (χ1) is 8.61. The summed E-state index contributed by atoms with van der Waals surface area (Å²) in [5.74, 6) is 0.114. The second-order valence-electron chi connectivity index (χ2n) is 4.27. The van der Waals surface area contributed by atoms with Crippen LogP contribution in [0.4, 0.5) is 10.1 Å². The molecular formula is C13H15BrFNO2. The van der Waals surface area contributed by atoms with E-state index in [0.717, 1.165) is 6.42 Å². The molecule has 0 N–H and O–H groups in total. The van der Waals surface area contributed by atoms with Gasteiger partial charge in [0, 0.05) is 23.9 Å². The number of nitrogens with zero attached hydrogens (tertiary/aromatic N) is 1. The molecule has 98 valence electrons. The Hall–Kier alpha value is -1.10. The Labute approximate surface area is 114 Å². The highest BCUT2D eigenvalue weighted by molar-refractivity contribution is 9.09. The van der Waals surface area contributed by atoms with Gasteiger partial charge in [-0.1, -0.05) is 22.9 Å². The molecule has 1 heterocycles. The average Bonchev–Trinajstić information content (AvgIpc) is 2.66. The van der Waals surface area contributed by atoms with Gasteiger partial charge in [0.05, 0.1) is 12.3 Å². The minimum Gasteiger partial charge on any atom is -0.491 e. The summed E-state index contributed by atoms with van der Waals surface area (Å²) in [6.07, 6.45) is 1.30. The van der Waals surface area contributed by atoms with Crippen molar-refractivity contribution in [3.05, 3.63) is 24.0 Å². The number of alkyl halides is 1. The summed E-state index contributed by atoms with van der Waals surface area (Å²) in [6, 6.07) is 4.28. The molecule has 0 radical (unpaired) electrons. The zero-order valence-electron chi connectivity index (χ0n) is 10.2. The molecule has 0 aliphatic carbocycles. The topological polar surface area (TPSA) is 29.5 Å². The Bertz CT molecular complexity index is 453. The number of benzene rings is 1. The van der Waals surface area contributed by atoms with Crippen molar-refractivity contribution in [2.75, 3.05) is 18.1 Å². The maximum atomic E-state index is 13.2. The maximum Gasteiger partial charge on any atom is 0.228 e. The molecule has 1 atom stereocenters. The lowest BCUT2D eigenvalue weighted by Crippen LogP contribution is -2.25. The van der Waals surface area contributed by atoms with Crippen LogP contribution < -0.4 is 9.64 Å². The lowest BCUT2D eigenvalue weighted by molar-refractivity contribution is -0.117. The van der Waals surface area contributed by atoms with E-state index in [1.807, 2.05) is 6.92 Å². The minimum atomic E-state index is -0.355. The first-order valence-electron chi connectivity index (χ1n) is 5.98. The second kappa shape index (κ2) is 5.69. The standard InChI is InChI=1S/C13H15BrFNO2/c1-2-5-18-12-7-10(15)3-4-11(12)16-8-9(14)6-13(16)17/h3-4,7,9H,2,5-6,8H2,1H3. The lowest BCUT2D eigenvalue weighted by Gasteiger charge is -2.20. The van der Waals surface area contributed by atoms with Crippen LogP contribution in [0.3, 0.4) is 0 Å². The molecule has 3 nitrogen and oxygen atoms in total. The summed E-state index contributed by atoms with van der Waals surface area (Å²) in [6.45, 7) is 3.08. The molecule has 1 saturated heterocycles. The Morgan fingerprint density at radius 2 is 2.33 bits per heavy atom. The smallest absolute Gasteiger partial charge is 0.228 e. The van der Waals surface area contributed by atoms with Crippen molar-refractivity contribution in [3.63, 3.8) is 0 Å². The van der Waals surface area contributed by atoms with Crippen LogP contribution in [0.1, 0.15) is 19.8 Å². The normalized spacial score (nSPS) is 19.4. The van der Waals surface area contributed by atoms with Gasteiger partial charge in [-0.15, -0.1) is 0 Å². The molecule has 0 spiro atoms. The van der Waals surface area contributed by atoms with Crippen LogP contribution in [0.15, 0.2) is 18.2 Å². The first kappa shape index (κ1) is 13.3. The molecule has 1 aliphatic rings. The highest BCUT2D eigenvalue weighted by Gasteiger charge is 2.30. The predicted molar refractivity (Wildman–Crippen MR) is 71.9 cm³/mol. The van der Waals surface area contributed by atoms with Gasteiger partial charge in [-0.25, -0.2) is 4.39 Å². The van der Waals surface area contributed by atoms with Crippen LogP contribution in [0.5, 0.6) is 5.75 Å². The molecule has 0 saturated carbocycles. The van der Waals surface area contributed by atoms with E-state index >= 15 is 0 Å². The molecule has 2 rings (SSSR count). The first-order valence-corrected chi connectivity index (χ1v) is 6.90. The number of halogens is 2. The van der Waals surface area contributed by atoms with E-state index in [2.05, 4.69) is 15.9 Å². The third-order valence-electron chi connectivity index (χ3n) is 2.75. The van der Waals surface area contributed by atoms with Gasteiger partial charge >= 0.3 is 0 Å². The summed E-state index contributed by atoms with van der Waals surface area (Å²) in [4.78, 5) is 13.6. The third-order valence-corrected chi connectivity index (χ3v) is 3.37. The molecule has 1 fully saturated rings. The van der Waals surface area contributed by atoms with E-state index in [-0.39, 0.29) is 16.6 Å². The van der Waals surface area contributed by atoms with E-state index in [1.54, 1.807) is 11.0 Å². The van der Waals surface area contributed by atoms with E-state index < -0.39 is 0 Å². The zero-order chi connectivity index (χ0) is 13.1. The Kier molecular flexibility index (Phi) is 4.22. The van der Waals surface area contributed by atoms with Gasteiger partial charge in [-0.2, -0.15) is 0 Å². The Morgan fingerprint density at radius 3 is 2.94 bits per heavy atom. The molecule has 1 unspecified atom stereocenters. The van der Waals surface area contributed by atoms with E-state index in [9.17, 15) is 9.18 Å². The molecule has 1 aliphatic heterocycles. The van der Waals surface area contributed by atoms with Gasteiger partial charge in [-0.05, 0) is 18.6 Å². The van der Waals surface area contributed by atoms with Crippen molar-refractivity contribution in [2.45, 2.75) is 24.6 Å². The number of hydrogen-bond acceptors (Lipinski definition) is 2. The van der Waals surface area contributed by atoms with Crippen molar-refractivity contribution in [3.8, 4) is 5.75 Å². The number of hydrogen-bond donors (Lipinski definition) is 0. The van der Waals surface area contributed by atoms with Crippen molar-refractivity contribution >= 4 is 27.5 Å². The monoisotopic (exact) mass is 315 g/mol. The van der Waals surface area contributed by atoms with E-state index in [1.165, 1.54) is 12.1 Å². The molecule has 1 amide bonds. The zero-order valence-corrected chi connectivity index (χ0v) is 11.7. The van der Waals surface area contributed by atoms with Gasteiger partial charge < -0.3 is 9.64 Å². The molecule has 0 bridgehead atoms. The van der Waals surface area contributed by atoms with Crippen LogP contribution >= 0.6 is 15.9 Å². The fourth-order valence-corrected chi connectivity index (χ4v) is 2.50. The van der Waals surface area contributed by atoms with Crippen LogP contribution in [0.2, 0.25) is 0 Å². The summed E-state index contributed by atoms with van der Waals surface area (Å²) >= 11 is 3.43. The molecule has 1 aromatic carbocycles. The number of carbonyl (C=O) groups excluding carboxylic acids is 1.